The number of nitrogens with zero attached hydrogens (tertiary/aromatic N) is 1. The fraction of sp³-hybridized carbons (Fsp3) is 0.231. The third kappa shape index (κ3) is 2.71. The molecule has 0 radical (unpaired) electrons. The summed E-state index contributed by atoms with van der Waals surface area (Å²) in [6.07, 6.45) is 1.54. The van der Waals surface area contributed by atoms with Crippen LogP contribution < -0.4 is 0 Å². The molecule has 0 atom stereocenters. The van der Waals surface area contributed by atoms with Gasteiger partial charge in [-0.05, 0) is 31.1 Å². The molecule has 0 heterocycles. The van der Waals surface area contributed by atoms with Gasteiger partial charge >= 0.3 is 5.97 Å². The van der Waals surface area contributed by atoms with E-state index in [1.165, 1.54) is 7.11 Å². The first-order valence-electron chi connectivity index (χ1n) is 4.86. The number of hydrogen-bond acceptors (Lipinski definition) is 3. The van der Waals surface area contributed by atoms with Gasteiger partial charge in [0.05, 0.1) is 7.11 Å². The van der Waals surface area contributed by atoms with Gasteiger partial charge in [0.15, 0.2) is 0 Å². The summed E-state index contributed by atoms with van der Waals surface area (Å²) < 4.78 is 4.51. The molecule has 1 aromatic carbocycles. The first-order valence-corrected chi connectivity index (χ1v) is 4.86. The molecule has 0 fully saturated rings. The molecule has 0 amide bonds. The van der Waals surface area contributed by atoms with E-state index in [9.17, 15) is 4.79 Å². The summed E-state index contributed by atoms with van der Waals surface area (Å²) >= 11 is 0. The van der Waals surface area contributed by atoms with Gasteiger partial charge in [0.1, 0.15) is 11.6 Å². The summed E-state index contributed by atoms with van der Waals surface area (Å²) in [7, 11) is 1.26. The highest BCUT2D eigenvalue weighted by Crippen LogP contribution is 2.14. The number of carbonyl (C=O) groups is 1. The molecule has 3 heteroatoms. The number of hydrogen-bond donors (Lipinski definition) is 0. The van der Waals surface area contributed by atoms with E-state index in [1.54, 1.807) is 6.08 Å². The third-order valence-electron chi connectivity index (χ3n) is 2.25. The Morgan fingerprint density at radius 1 is 1.44 bits per heavy atom. The summed E-state index contributed by atoms with van der Waals surface area (Å²) in [5.74, 6) is -0.609. The quantitative estimate of drug-likeness (QED) is 0.432. The van der Waals surface area contributed by atoms with Crippen molar-refractivity contribution < 1.29 is 9.53 Å². The SMILES string of the molecule is COC(=O)/C(C#N)=C/c1ccc(C)cc1C. The zero-order valence-electron chi connectivity index (χ0n) is 9.57. The molecular formula is C13H13NO2. The van der Waals surface area contributed by atoms with Crippen LogP contribution in [0, 0.1) is 25.2 Å². The van der Waals surface area contributed by atoms with Crippen LogP contribution in [0.5, 0.6) is 0 Å². The molecule has 0 saturated heterocycles. The smallest absolute Gasteiger partial charge is 0.348 e. The van der Waals surface area contributed by atoms with E-state index >= 15 is 0 Å². The first-order chi connectivity index (χ1) is 7.58. The Kier molecular flexibility index (Phi) is 3.84. The van der Waals surface area contributed by atoms with Crippen LogP contribution in [0.3, 0.4) is 0 Å². The highest BCUT2D eigenvalue weighted by Gasteiger charge is 2.08. The van der Waals surface area contributed by atoms with E-state index in [1.807, 2.05) is 38.1 Å². The van der Waals surface area contributed by atoms with Crippen LogP contribution in [0.2, 0.25) is 0 Å². The predicted octanol–water partition coefficient (Wildman–Crippen LogP) is 2.38. The van der Waals surface area contributed by atoms with Gasteiger partial charge in [-0.1, -0.05) is 23.8 Å². The van der Waals surface area contributed by atoms with Crippen LogP contribution in [0.4, 0.5) is 0 Å². The topological polar surface area (TPSA) is 50.1 Å². The summed E-state index contributed by atoms with van der Waals surface area (Å²) in [6.45, 7) is 3.93. The number of ether oxygens (including phenoxy) is 1. The van der Waals surface area contributed by atoms with E-state index in [-0.39, 0.29) is 5.57 Å². The minimum Gasteiger partial charge on any atom is -0.465 e. The first kappa shape index (κ1) is 12.0. The maximum atomic E-state index is 11.2. The maximum absolute atomic E-state index is 11.2. The molecule has 0 bridgehead atoms. The zero-order valence-corrected chi connectivity index (χ0v) is 9.57. The fourth-order valence-corrected chi connectivity index (χ4v) is 1.39. The van der Waals surface area contributed by atoms with Gasteiger partial charge < -0.3 is 4.74 Å². The van der Waals surface area contributed by atoms with Crippen LogP contribution in [0.15, 0.2) is 23.8 Å². The second-order valence-electron chi connectivity index (χ2n) is 3.52. The molecule has 0 aliphatic carbocycles. The normalized spacial score (nSPS) is 10.8. The van der Waals surface area contributed by atoms with E-state index in [4.69, 9.17) is 5.26 Å². The number of aryl methyl sites for hydroxylation is 2. The minimum absolute atomic E-state index is 0.00875. The Hall–Kier alpha value is -2.08. The number of rotatable bonds is 2. The average molecular weight is 215 g/mol. The molecule has 0 aromatic heterocycles. The van der Waals surface area contributed by atoms with E-state index in [0.29, 0.717) is 0 Å². The van der Waals surface area contributed by atoms with Crippen molar-refractivity contribution in [2.24, 2.45) is 0 Å². The Labute approximate surface area is 95.0 Å². The molecule has 1 aromatic rings. The van der Waals surface area contributed by atoms with Gasteiger partial charge in [0.2, 0.25) is 0 Å². The monoisotopic (exact) mass is 215 g/mol. The highest BCUT2D eigenvalue weighted by molar-refractivity contribution is 5.97. The summed E-state index contributed by atoms with van der Waals surface area (Å²) in [4.78, 5) is 11.2. The Balaban J connectivity index is 3.15. The van der Waals surface area contributed by atoms with Crippen LogP contribution >= 0.6 is 0 Å². The Morgan fingerprint density at radius 2 is 2.12 bits per heavy atom. The van der Waals surface area contributed by atoms with E-state index in [0.717, 1.165) is 16.7 Å². The second kappa shape index (κ2) is 5.13. The number of carbonyl (C=O) groups excluding carboxylic acids is 1. The summed E-state index contributed by atoms with van der Waals surface area (Å²) in [6, 6.07) is 7.64. The third-order valence-corrected chi connectivity index (χ3v) is 2.25. The lowest BCUT2D eigenvalue weighted by Gasteiger charge is -2.02. The fourth-order valence-electron chi connectivity index (χ4n) is 1.39. The second-order valence-corrected chi connectivity index (χ2v) is 3.52. The lowest BCUT2D eigenvalue weighted by Crippen LogP contribution is -2.02. The van der Waals surface area contributed by atoms with E-state index < -0.39 is 5.97 Å². The molecule has 0 N–H and O–H groups in total. The molecule has 16 heavy (non-hydrogen) atoms. The number of nitriles is 1. The summed E-state index contributed by atoms with van der Waals surface area (Å²) in [5, 5.41) is 8.82. The van der Waals surface area contributed by atoms with Crippen LogP contribution in [0.25, 0.3) is 6.08 Å². The van der Waals surface area contributed by atoms with Crippen molar-refractivity contribution >= 4 is 12.0 Å². The number of benzene rings is 1. The van der Waals surface area contributed by atoms with Gasteiger partial charge in [-0.3, -0.25) is 0 Å². The van der Waals surface area contributed by atoms with E-state index in [2.05, 4.69) is 4.74 Å². The minimum atomic E-state index is -0.609. The molecule has 0 saturated carbocycles. The zero-order chi connectivity index (χ0) is 12.1. The molecule has 3 nitrogen and oxygen atoms in total. The molecule has 0 spiro atoms. The predicted molar refractivity (Wildman–Crippen MR) is 61.5 cm³/mol. The van der Waals surface area contributed by atoms with Gasteiger partial charge in [0.25, 0.3) is 0 Å². The summed E-state index contributed by atoms with van der Waals surface area (Å²) in [5.41, 5.74) is 3.03. The van der Waals surface area contributed by atoms with Crippen LogP contribution in [-0.2, 0) is 9.53 Å². The number of esters is 1. The lowest BCUT2D eigenvalue weighted by molar-refractivity contribution is -0.135. The molecule has 0 aliphatic rings. The highest BCUT2D eigenvalue weighted by atomic mass is 16.5. The van der Waals surface area contributed by atoms with Crippen molar-refractivity contribution in [2.45, 2.75) is 13.8 Å². The van der Waals surface area contributed by atoms with Crippen molar-refractivity contribution in [3.8, 4) is 6.07 Å². The van der Waals surface area contributed by atoms with Crippen molar-refractivity contribution in [1.29, 1.82) is 5.26 Å². The Bertz CT molecular complexity index is 481. The van der Waals surface area contributed by atoms with Crippen molar-refractivity contribution in [2.75, 3.05) is 7.11 Å². The maximum Gasteiger partial charge on any atom is 0.348 e. The standard InChI is InChI=1S/C13H13NO2/c1-9-4-5-11(10(2)6-9)7-12(8-14)13(15)16-3/h4-7H,1-3H3/b12-7+. The van der Waals surface area contributed by atoms with Crippen LogP contribution in [-0.4, -0.2) is 13.1 Å². The van der Waals surface area contributed by atoms with Gasteiger partial charge in [-0.25, -0.2) is 4.79 Å². The van der Waals surface area contributed by atoms with Crippen molar-refractivity contribution in [3.05, 3.63) is 40.5 Å². The molecule has 82 valence electrons. The van der Waals surface area contributed by atoms with Gasteiger partial charge in [-0.15, -0.1) is 0 Å². The van der Waals surface area contributed by atoms with Crippen LogP contribution in [0.1, 0.15) is 16.7 Å². The molecular weight excluding hydrogens is 202 g/mol. The molecule has 1 rings (SSSR count). The van der Waals surface area contributed by atoms with Gasteiger partial charge in [0, 0.05) is 0 Å². The number of methoxy groups -OCH3 is 1. The van der Waals surface area contributed by atoms with Crippen molar-refractivity contribution in [1.82, 2.24) is 0 Å². The average Bonchev–Trinajstić information content (AvgIpc) is 2.27. The largest absolute Gasteiger partial charge is 0.465 e. The van der Waals surface area contributed by atoms with Gasteiger partial charge in [-0.2, -0.15) is 5.26 Å². The molecule has 0 unspecified atom stereocenters. The Morgan fingerprint density at radius 3 is 2.62 bits per heavy atom. The lowest BCUT2D eigenvalue weighted by atomic mass is 10.0. The van der Waals surface area contributed by atoms with Crippen molar-refractivity contribution in [3.63, 3.8) is 0 Å². The molecule has 0 aliphatic heterocycles.